The molecule has 0 radical (unpaired) electrons. The van der Waals surface area contributed by atoms with Gasteiger partial charge in [-0.05, 0) is 44.6 Å². The van der Waals surface area contributed by atoms with Crippen LogP contribution in [0.15, 0.2) is 54.6 Å². The van der Waals surface area contributed by atoms with Gasteiger partial charge >= 0.3 is 0 Å². The predicted molar refractivity (Wildman–Crippen MR) is 123 cm³/mol. The summed E-state index contributed by atoms with van der Waals surface area (Å²) < 4.78 is 1.16. The van der Waals surface area contributed by atoms with Crippen LogP contribution >= 0.6 is 36.2 Å². The smallest absolute Gasteiger partial charge is 0.230 e. The fraction of sp³-hybridized carbons (Fsp3) is 0.333. The second-order valence-corrected chi connectivity index (χ2v) is 7.78. The minimum Gasteiger partial charge on any atom is -0.355 e. The van der Waals surface area contributed by atoms with Crippen molar-refractivity contribution in [3.63, 3.8) is 0 Å². The number of carbonyl (C=O) groups excluding carboxylic acids is 1. The molecule has 3 aromatic rings. The summed E-state index contributed by atoms with van der Waals surface area (Å²) in [4.78, 5) is 17.8. The Kier molecular flexibility index (Phi) is 9.90. The normalized spacial score (nSPS) is 12.5. The summed E-state index contributed by atoms with van der Waals surface area (Å²) in [5, 5.41) is 7.20. The summed E-state index contributed by atoms with van der Waals surface area (Å²) in [5.74, 6) is 0.0547. The van der Waals surface area contributed by atoms with Crippen molar-refractivity contribution in [2.75, 3.05) is 20.1 Å². The fourth-order valence-corrected chi connectivity index (χ4v) is 4.20. The molecule has 1 atom stereocenters. The van der Waals surface area contributed by atoms with Crippen LogP contribution in [0.1, 0.15) is 23.9 Å². The number of nitrogens with one attached hydrogen (secondary N) is 2. The van der Waals surface area contributed by atoms with E-state index in [1.807, 2.05) is 62.5 Å². The molecule has 0 aliphatic carbocycles. The first-order valence-electron chi connectivity index (χ1n) is 8.96. The van der Waals surface area contributed by atoms with Gasteiger partial charge in [-0.3, -0.25) is 4.79 Å². The third kappa shape index (κ3) is 5.67. The molecular formula is C21H27Cl2N3OS. The van der Waals surface area contributed by atoms with Gasteiger partial charge in [0, 0.05) is 13.0 Å². The number of halogens is 2. The van der Waals surface area contributed by atoms with E-state index in [2.05, 4.69) is 16.7 Å². The topological polar surface area (TPSA) is 54.0 Å². The number of carbonyl (C=O) groups is 1. The van der Waals surface area contributed by atoms with Crippen molar-refractivity contribution >= 4 is 52.3 Å². The van der Waals surface area contributed by atoms with Gasteiger partial charge in [0.05, 0.1) is 20.6 Å². The molecule has 0 fully saturated rings. The van der Waals surface area contributed by atoms with Crippen LogP contribution in [0.3, 0.4) is 0 Å². The first-order chi connectivity index (χ1) is 12.6. The maximum absolute atomic E-state index is 13.1. The van der Waals surface area contributed by atoms with E-state index >= 15 is 0 Å². The van der Waals surface area contributed by atoms with Crippen LogP contribution in [0.2, 0.25) is 0 Å². The Labute approximate surface area is 183 Å². The Balaban J connectivity index is 0.00000196. The third-order valence-electron chi connectivity index (χ3n) is 4.64. The monoisotopic (exact) mass is 439 g/mol. The molecule has 7 heteroatoms. The molecule has 1 amide bonds. The summed E-state index contributed by atoms with van der Waals surface area (Å²) in [5.41, 5.74) is 1.37. The first kappa shape index (κ1) is 24.4. The van der Waals surface area contributed by atoms with Crippen molar-refractivity contribution in [3.8, 4) is 0 Å². The van der Waals surface area contributed by atoms with E-state index in [-0.39, 0.29) is 30.7 Å². The molecule has 0 bridgehead atoms. The summed E-state index contributed by atoms with van der Waals surface area (Å²) in [7, 11) is 1.92. The second-order valence-electron chi connectivity index (χ2n) is 6.66. The molecular weight excluding hydrogens is 413 g/mol. The first-order valence-corrected chi connectivity index (χ1v) is 9.78. The molecule has 0 saturated carbocycles. The Hall–Kier alpha value is -1.66. The van der Waals surface area contributed by atoms with Crippen LogP contribution in [0, 0.1) is 0 Å². The largest absolute Gasteiger partial charge is 0.355 e. The highest BCUT2D eigenvalue weighted by molar-refractivity contribution is 7.18. The number of fused-ring (bicyclic) bond motifs is 1. The zero-order valence-corrected chi connectivity index (χ0v) is 18.6. The molecule has 28 heavy (non-hydrogen) atoms. The Bertz CT molecular complexity index is 839. The average Bonchev–Trinajstić information content (AvgIpc) is 3.07. The maximum atomic E-state index is 13.1. The van der Waals surface area contributed by atoms with Gasteiger partial charge in [-0.25, -0.2) is 4.98 Å². The van der Waals surface area contributed by atoms with Crippen LogP contribution in [0.5, 0.6) is 0 Å². The van der Waals surface area contributed by atoms with Gasteiger partial charge in [0.25, 0.3) is 0 Å². The molecule has 0 spiro atoms. The zero-order valence-electron chi connectivity index (χ0n) is 16.1. The fourth-order valence-electron chi connectivity index (χ4n) is 3.08. The molecule has 0 saturated heterocycles. The molecule has 1 aromatic heterocycles. The predicted octanol–water partition coefficient (Wildman–Crippen LogP) is 4.37. The Morgan fingerprint density at radius 3 is 2.39 bits per heavy atom. The van der Waals surface area contributed by atoms with Crippen molar-refractivity contribution < 1.29 is 4.79 Å². The lowest BCUT2D eigenvalue weighted by molar-refractivity contribution is -0.126. The summed E-state index contributed by atoms with van der Waals surface area (Å²) in [6.07, 6.45) is 1.50. The van der Waals surface area contributed by atoms with Crippen LogP contribution in [0.25, 0.3) is 10.2 Å². The highest BCUT2D eigenvalue weighted by Crippen LogP contribution is 2.32. The molecule has 1 heterocycles. The number of rotatable bonds is 8. The average molecular weight is 440 g/mol. The minimum absolute atomic E-state index is 0. The van der Waals surface area contributed by atoms with Crippen molar-refractivity contribution in [1.29, 1.82) is 0 Å². The molecule has 0 aliphatic rings. The standard InChI is InChI=1S/C21H25N3OS.2ClH/c1-21(16-9-4-3-5-10-16,20(25)23-14-8-13-22-2)15-19-24-17-11-6-7-12-18(17)26-19;;/h3-7,9-12,22H,8,13-15H2,1-2H3,(H,23,25);2*1H. The minimum atomic E-state index is -0.644. The summed E-state index contributed by atoms with van der Waals surface area (Å²) >= 11 is 1.67. The molecule has 3 rings (SSSR count). The van der Waals surface area contributed by atoms with Gasteiger partial charge in [0.2, 0.25) is 5.91 Å². The number of benzene rings is 2. The van der Waals surface area contributed by atoms with Crippen LogP contribution in [-0.2, 0) is 16.6 Å². The van der Waals surface area contributed by atoms with Crippen LogP contribution in [0.4, 0.5) is 0 Å². The number of hydrogen-bond acceptors (Lipinski definition) is 4. The lowest BCUT2D eigenvalue weighted by Crippen LogP contribution is -2.44. The van der Waals surface area contributed by atoms with E-state index in [4.69, 9.17) is 4.98 Å². The van der Waals surface area contributed by atoms with E-state index < -0.39 is 5.41 Å². The molecule has 2 aromatic carbocycles. The number of amides is 1. The highest BCUT2D eigenvalue weighted by Gasteiger charge is 2.36. The van der Waals surface area contributed by atoms with Crippen molar-refractivity contribution in [2.45, 2.75) is 25.2 Å². The van der Waals surface area contributed by atoms with Gasteiger partial charge in [0.1, 0.15) is 0 Å². The summed E-state index contributed by atoms with van der Waals surface area (Å²) in [6.45, 7) is 3.57. The van der Waals surface area contributed by atoms with E-state index in [0.29, 0.717) is 13.0 Å². The van der Waals surface area contributed by atoms with E-state index in [1.54, 1.807) is 11.3 Å². The van der Waals surface area contributed by atoms with Crippen molar-refractivity contribution in [1.82, 2.24) is 15.6 Å². The second kappa shape index (κ2) is 11.4. The number of aromatic nitrogens is 1. The molecule has 2 N–H and O–H groups in total. The highest BCUT2D eigenvalue weighted by atomic mass is 35.5. The number of hydrogen-bond donors (Lipinski definition) is 2. The SMILES string of the molecule is CNCCCNC(=O)C(C)(Cc1nc2ccccc2s1)c1ccccc1.Cl.Cl. The van der Waals surface area contributed by atoms with Gasteiger partial charge in [0.15, 0.2) is 0 Å². The lowest BCUT2D eigenvalue weighted by atomic mass is 9.78. The van der Waals surface area contributed by atoms with Crippen molar-refractivity contribution in [2.24, 2.45) is 0 Å². The molecule has 152 valence electrons. The number of nitrogens with zero attached hydrogens (tertiary/aromatic N) is 1. The number of thiazole rings is 1. The summed E-state index contributed by atoms with van der Waals surface area (Å²) in [6, 6.07) is 18.1. The van der Waals surface area contributed by atoms with Gasteiger partial charge in [-0.15, -0.1) is 36.2 Å². The van der Waals surface area contributed by atoms with Gasteiger partial charge in [-0.2, -0.15) is 0 Å². The number of para-hydroxylation sites is 1. The molecule has 0 aliphatic heterocycles. The Morgan fingerprint density at radius 1 is 1.04 bits per heavy atom. The Morgan fingerprint density at radius 2 is 1.71 bits per heavy atom. The quantitative estimate of drug-likeness (QED) is 0.512. The van der Waals surface area contributed by atoms with Crippen LogP contribution in [-0.4, -0.2) is 31.0 Å². The van der Waals surface area contributed by atoms with E-state index in [1.165, 1.54) is 0 Å². The third-order valence-corrected chi connectivity index (χ3v) is 5.68. The maximum Gasteiger partial charge on any atom is 0.230 e. The van der Waals surface area contributed by atoms with Crippen LogP contribution < -0.4 is 10.6 Å². The molecule has 4 nitrogen and oxygen atoms in total. The lowest BCUT2D eigenvalue weighted by Gasteiger charge is -2.28. The van der Waals surface area contributed by atoms with Crippen molar-refractivity contribution in [3.05, 3.63) is 65.2 Å². The van der Waals surface area contributed by atoms with E-state index in [9.17, 15) is 4.79 Å². The zero-order chi connectivity index (χ0) is 18.4. The molecule has 1 unspecified atom stereocenters. The van der Waals surface area contributed by atoms with E-state index in [0.717, 1.165) is 33.8 Å². The van der Waals surface area contributed by atoms with Gasteiger partial charge in [-0.1, -0.05) is 42.5 Å². The van der Waals surface area contributed by atoms with Gasteiger partial charge < -0.3 is 10.6 Å².